The van der Waals surface area contributed by atoms with Crippen molar-refractivity contribution >= 4 is 5.97 Å². The molecule has 1 saturated heterocycles. The lowest BCUT2D eigenvalue weighted by Crippen LogP contribution is -2.76. The monoisotopic (exact) mass is 244 g/mol. The number of carbonyl (C=O) groups is 1. The fraction of sp³-hybridized carbons (Fsp3) is 0.583. The molecule has 1 aliphatic rings. The minimum absolute atomic E-state index is 0.372. The Morgan fingerprint density at radius 1 is 1.41 bits per heavy atom. The van der Waals surface area contributed by atoms with Gasteiger partial charge < -0.3 is 9.47 Å². The van der Waals surface area contributed by atoms with Gasteiger partial charge in [-0.25, -0.2) is 9.63 Å². The average Bonchev–Trinajstić information content (AvgIpc) is 2.88. The summed E-state index contributed by atoms with van der Waals surface area (Å²) >= 11 is 0. The van der Waals surface area contributed by atoms with Crippen LogP contribution in [0.2, 0.25) is 0 Å². The third-order valence-electron chi connectivity index (χ3n) is 2.02. The normalized spacial score (nSPS) is 17.6. The van der Waals surface area contributed by atoms with Crippen LogP contribution in [0.15, 0.2) is 23.4 Å². The van der Waals surface area contributed by atoms with Crippen LogP contribution < -0.4 is 5.48 Å². The van der Waals surface area contributed by atoms with Crippen molar-refractivity contribution in [2.45, 2.75) is 20.3 Å². The molecule has 1 heterocycles. The third-order valence-corrected chi connectivity index (χ3v) is 2.02. The molecule has 98 valence electrons. The Labute approximate surface area is 102 Å². The summed E-state index contributed by atoms with van der Waals surface area (Å²) in [6.07, 6.45) is 4.23. The van der Waals surface area contributed by atoms with Crippen molar-refractivity contribution in [1.82, 2.24) is 0 Å². The smallest absolute Gasteiger partial charge is 0.343 e. The van der Waals surface area contributed by atoms with Gasteiger partial charge in [0, 0.05) is 0 Å². The first-order chi connectivity index (χ1) is 8.27. The van der Waals surface area contributed by atoms with Gasteiger partial charge in [-0.15, -0.1) is 0 Å². The molecule has 0 atom stereocenters. The first-order valence-corrected chi connectivity index (χ1v) is 5.69. The van der Waals surface area contributed by atoms with E-state index >= 15 is 0 Å². The van der Waals surface area contributed by atoms with Gasteiger partial charge in [0.05, 0.1) is 27.4 Å². The van der Waals surface area contributed by atoms with Crippen molar-refractivity contribution in [2.24, 2.45) is 0 Å². The molecule has 1 aliphatic heterocycles. The summed E-state index contributed by atoms with van der Waals surface area (Å²) in [5.41, 5.74) is 3.01. The molecule has 0 aliphatic carbocycles. The van der Waals surface area contributed by atoms with Gasteiger partial charge >= 0.3 is 5.97 Å². The molecule has 0 unspecified atom stereocenters. The van der Waals surface area contributed by atoms with Crippen LogP contribution in [-0.2, 0) is 19.1 Å². The third kappa shape index (κ3) is 6.21. The van der Waals surface area contributed by atoms with Crippen LogP contribution in [0.5, 0.6) is 0 Å². The Hall–Kier alpha value is -1.17. The molecule has 0 saturated carbocycles. The minimum atomic E-state index is -0.372. The Balaban J connectivity index is 0.00000121. The molecule has 0 amide bonds. The molecular formula is C12H22NO4+. The molecule has 0 aromatic carbocycles. The summed E-state index contributed by atoms with van der Waals surface area (Å²) in [4.78, 5) is 16.1. The van der Waals surface area contributed by atoms with Gasteiger partial charge in [0.25, 0.3) is 0 Å². The summed E-state index contributed by atoms with van der Waals surface area (Å²) in [5, 5.41) is 0. The van der Waals surface area contributed by atoms with E-state index in [1.807, 2.05) is 13.8 Å². The number of hydroxylamine groups is 1. The molecule has 1 rings (SSSR count). The zero-order chi connectivity index (χ0) is 13.1. The van der Waals surface area contributed by atoms with E-state index in [1.54, 1.807) is 12.3 Å². The molecule has 5 nitrogen and oxygen atoms in total. The predicted octanol–water partition coefficient (Wildman–Crippen LogP) is 0.541. The molecule has 0 spiro atoms. The molecule has 0 aromatic heterocycles. The van der Waals surface area contributed by atoms with Crippen molar-refractivity contribution in [1.29, 1.82) is 0 Å². The highest BCUT2D eigenvalue weighted by molar-refractivity contribution is 5.91. The highest BCUT2D eigenvalue weighted by atomic mass is 16.6. The second kappa shape index (κ2) is 10.0. The fourth-order valence-electron chi connectivity index (χ4n) is 1.25. The van der Waals surface area contributed by atoms with Crippen LogP contribution in [-0.4, -0.2) is 33.4 Å². The standard InChI is InChI=1S/C10H15NO4.C2H6/c1-13-10(12)9(6-11-14-2)5-8-3-4-15-7-8;1-2/h5-6,11H,3-4,7H2,1-2H3;1-2H3/p+1/b8-5+,9-6+;. The van der Waals surface area contributed by atoms with E-state index < -0.39 is 0 Å². The molecule has 1 fully saturated rings. The molecule has 2 N–H and O–H groups in total. The van der Waals surface area contributed by atoms with Gasteiger partial charge in [-0.2, -0.15) is 5.48 Å². The minimum Gasteiger partial charge on any atom is -0.465 e. The van der Waals surface area contributed by atoms with E-state index in [4.69, 9.17) is 9.57 Å². The number of rotatable bonds is 4. The maximum absolute atomic E-state index is 11.4. The van der Waals surface area contributed by atoms with Gasteiger partial charge in [-0.05, 0) is 18.1 Å². The van der Waals surface area contributed by atoms with Crippen LogP contribution in [0, 0.1) is 0 Å². The zero-order valence-corrected chi connectivity index (χ0v) is 11.0. The second-order valence-electron chi connectivity index (χ2n) is 3.09. The number of esters is 1. The Morgan fingerprint density at radius 3 is 2.59 bits per heavy atom. The molecule has 0 aromatic rings. The van der Waals surface area contributed by atoms with E-state index in [-0.39, 0.29) is 5.97 Å². The topological polar surface area (TPSA) is 61.4 Å². The van der Waals surface area contributed by atoms with E-state index in [1.165, 1.54) is 19.7 Å². The quantitative estimate of drug-likeness (QED) is 0.445. The second-order valence-corrected chi connectivity index (χ2v) is 3.09. The first kappa shape index (κ1) is 15.8. The molecule has 0 bridgehead atoms. The number of ether oxygens (including phenoxy) is 2. The number of hydrogen-bond donors (Lipinski definition) is 1. The van der Waals surface area contributed by atoms with Crippen molar-refractivity contribution in [2.75, 3.05) is 27.4 Å². The highest BCUT2D eigenvalue weighted by Gasteiger charge is 2.13. The van der Waals surface area contributed by atoms with E-state index in [0.717, 1.165) is 12.0 Å². The van der Waals surface area contributed by atoms with E-state index in [2.05, 4.69) is 4.74 Å². The van der Waals surface area contributed by atoms with Gasteiger partial charge in [-0.1, -0.05) is 13.8 Å². The number of nitrogens with two attached hydrogens (primary N) is 1. The summed E-state index contributed by atoms with van der Waals surface area (Å²) < 4.78 is 9.84. The number of quaternary nitrogens is 1. The highest BCUT2D eigenvalue weighted by Crippen LogP contribution is 2.13. The zero-order valence-electron chi connectivity index (χ0n) is 11.0. The van der Waals surface area contributed by atoms with Gasteiger partial charge in [0.1, 0.15) is 11.8 Å². The number of methoxy groups -OCH3 is 1. The molecule has 5 heteroatoms. The van der Waals surface area contributed by atoms with Crippen LogP contribution in [0.3, 0.4) is 0 Å². The fourth-order valence-corrected chi connectivity index (χ4v) is 1.25. The Kier molecular flexibility index (Phi) is 9.33. The Morgan fingerprint density at radius 2 is 2.12 bits per heavy atom. The van der Waals surface area contributed by atoms with Crippen molar-refractivity contribution in [3.8, 4) is 0 Å². The molecule has 0 radical (unpaired) electrons. The summed E-state index contributed by atoms with van der Waals surface area (Å²) in [6, 6.07) is 0. The van der Waals surface area contributed by atoms with Crippen LogP contribution >= 0.6 is 0 Å². The van der Waals surface area contributed by atoms with Crippen molar-refractivity contribution in [3.63, 3.8) is 0 Å². The average molecular weight is 244 g/mol. The maximum atomic E-state index is 11.4. The molecule has 17 heavy (non-hydrogen) atoms. The molecular weight excluding hydrogens is 222 g/mol. The van der Waals surface area contributed by atoms with E-state index in [0.29, 0.717) is 18.8 Å². The number of hydrogen-bond acceptors (Lipinski definition) is 4. The number of carbonyl (C=O) groups excluding carboxylic acids is 1. The van der Waals surface area contributed by atoms with Crippen LogP contribution in [0.4, 0.5) is 0 Å². The SMILES string of the molecule is CC.CO[NH2+]/C=C(\C=C1/CCOC1)C(=O)OC. The summed E-state index contributed by atoms with van der Waals surface area (Å²) in [7, 11) is 2.88. The lowest BCUT2D eigenvalue weighted by atomic mass is 10.1. The van der Waals surface area contributed by atoms with Gasteiger partial charge in [0.15, 0.2) is 0 Å². The first-order valence-electron chi connectivity index (χ1n) is 5.69. The van der Waals surface area contributed by atoms with Crippen LogP contribution in [0.1, 0.15) is 20.3 Å². The Bertz CT molecular complexity index is 276. The van der Waals surface area contributed by atoms with Crippen LogP contribution in [0.25, 0.3) is 0 Å². The van der Waals surface area contributed by atoms with Gasteiger partial charge in [0.2, 0.25) is 0 Å². The van der Waals surface area contributed by atoms with Crippen molar-refractivity contribution in [3.05, 3.63) is 23.4 Å². The predicted molar refractivity (Wildman–Crippen MR) is 63.9 cm³/mol. The van der Waals surface area contributed by atoms with Crippen molar-refractivity contribution < 1.29 is 24.6 Å². The lowest BCUT2D eigenvalue weighted by molar-refractivity contribution is -0.842. The van der Waals surface area contributed by atoms with E-state index in [9.17, 15) is 4.79 Å². The summed E-state index contributed by atoms with van der Waals surface area (Å²) in [5.74, 6) is -0.372. The summed E-state index contributed by atoms with van der Waals surface area (Å²) in [6.45, 7) is 5.30. The largest absolute Gasteiger partial charge is 0.465 e. The maximum Gasteiger partial charge on any atom is 0.343 e. The lowest BCUT2D eigenvalue weighted by Gasteiger charge is -1.99. The van der Waals surface area contributed by atoms with Gasteiger partial charge in [-0.3, -0.25) is 0 Å².